The molecule has 0 unspecified atom stereocenters. The number of hydrogen-bond donors (Lipinski definition) is 2. The van der Waals surface area contributed by atoms with Crippen molar-refractivity contribution in [2.75, 3.05) is 0 Å². The summed E-state index contributed by atoms with van der Waals surface area (Å²) in [6, 6.07) is 0. The molecule has 0 aliphatic heterocycles. The summed E-state index contributed by atoms with van der Waals surface area (Å²) >= 11 is 3.46. The Bertz CT molecular complexity index is 190. The standard InChI is InChI=1S/C12H21BrO2/c1-2-11(14)12(15)10(13)8-9-6-4-3-5-7-9/h2,9-12,14-15H,1,3-8H2/t10-,11+,12-/m1/s1. The molecule has 3 atom stereocenters. The van der Waals surface area contributed by atoms with Gasteiger partial charge in [0.1, 0.15) is 0 Å². The van der Waals surface area contributed by atoms with E-state index in [1.54, 1.807) is 0 Å². The second-order valence-corrected chi connectivity index (χ2v) is 5.65. The molecule has 1 saturated carbocycles. The van der Waals surface area contributed by atoms with Crippen molar-refractivity contribution in [1.29, 1.82) is 0 Å². The molecular weight excluding hydrogens is 256 g/mol. The van der Waals surface area contributed by atoms with Gasteiger partial charge in [-0.25, -0.2) is 0 Å². The highest BCUT2D eigenvalue weighted by molar-refractivity contribution is 9.09. The molecule has 0 bridgehead atoms. The van der Waals surface area contributed by atoms with Gasteiger partial charge in [-0.15, -0.1) is 6.58 Å². The fourth-order valence-corrected chi connectivity index (χ4v) is 3.08. The van der Waals surface area contributed by atoms with E-state index < -0.39 is 12.2 Å². The lowest BCUT2D eigenvalue weighted by Crippen LogP contribution is -2.34. The molecule has 0 aromatic heterocycles. The molecule has 1 rings (SSSR count). The van der Waals surface area contributed by atoms with Crippen molar-refractivity contribution in [3.63, 3.8) is 0 Å². The van der Waals surface area contributed by atoms with Gasteiger partial charge in [0.25, 0.3) is 0 Å². The molecule has 15 heavy (non-hydrogen) atoms. The predicted octanol–water partition coefficient (Wildman–Crippen LogP) is 2.63. The lowest BCUT2D eigenvalue weighted by molar-refractivity contribution is 0.0436. The highest BCUT2D eigenvalue weighted by Gasteiger charge is 2.25. The van der Waals surface area contributed by atoms with E-state index in [4.69, 9.17) is 0 Å². The van der Waals surface area contributed by atoms with Crippen LogP contribution in [0.1, 0.15) is 38.5 Å². The summed E-state index contributed by atoms with van der Waals surface area (Å²) in [5.41, 5.74) is 0. The minimum Gasteiger partial charge on any atom is -0.389 e. The van der Waals surface area contributed by atoms with Crippen LogP contribution >= 0.6 is 15.9 Å². The monoisotopic (exact) mass is 276 g/mol. The van der Waals surface area contributed by atoms with E-state index in [1.807, 2.05) is 0 Å². The van der Waals surface area contributed by atoms with E-state index in [9.17, 15) is 10.2 Å². The number of halogens is 1. The van der Waals surface area contributed by atoms with E-state index in [-0.39, 0.29) is 4.83 Å². The zero-order valence-corrected chi connectivity index (χ0v) is 10.7. The molecule has 1 aliphatic rings. The van der Waals surface area contributed by atoms with Gasteiger partial charge in [0.15, 0.2) is 0 Å². The predicted molar refractivity (Wildman–Crippen MR) is 66.1 cm³/mol. The van der Waals surface area contributed by atoms with Crippen LogP contribution in [-0.2, 0) is 0 Å². The van der Waals surface area contributed by atoms with E-state index in [2.05, 4.69) is 22.5 Å². The van der Waals surface area contributed by atoms with Gasteiger partial charge >= 0.3 is 0 Å². The lowest BCUT2D eigenvalue weighted by atomic mass is 9.85. The number of aliphatic hydroxyl groups is 2. The van der Waals surface area contributed by atoms with Gasteiger partial charge in [0.05, 0.1) is 12.2 Å². The normalized spacial score (nSPS) is 24.5. The van der Waals surface area contributed by atoms with Gasteiger partial charge in [0.2, 0.25) is 0 Å². The van der Waals surface area contributed by atoms with Crippen LogP contribution in [0.2, 0.25) is 0 Å². The van der Waals surface area contributed by atoms with Crippen LogP contribution in [0.5, 0.6) is 0 Å². The van der Waals surface area contributed by atoms with Crippen LogP contribution < -0.4 is 0 Å². The maximum absolute atomic E-state index is 9.75. The highest BCUT2D eigenvalue weighted by atomic mass is 79.9. The topological polar surface area (TPSA) is 40.5 Å². The SMILES string of the molecule is C=C[C@H](O)[C@H](O)[C@H](Br)CC1CCCCC1. The van der Waals surface area contributed by atoms with Gasteiger partial charge in [-0.2, -0.15) is 0 Å². The maximum atomic E-state index is 9.75. The Morgan fingerprint density at radius 2 is 1.87 bits per heavy atom. The van der Waals surface area contributed by atoms with E-state index in [0.29, 0.717) is 5.92 Å². The third-order valence-corrected chi connectivity index (χ3v) is 4.16. The first kappa shape index (κ1) is 13.2. The average Bonchev–Trinajstić information content (AvgIpc) is 2.28. The zero-order chi connectivity index (χ0) is 11.3. The van der Waals surface area contributed by atoms with Crippen LogP contribution in [0, 0.1) is 5.92 Å². The molecule has 1 aliphatic carbocycles. The number of hydrogen-bond acceptors (Lipinski definition) is 2. The molecule has 0 radical (unpaired) electrons. The minimum atomic E-state index is -0.821. The number of aliphatic hydroxyl groups excluding tert-OH is 2. The Labute approximate surface area is 101 Å². The first-order chi connectivity index (χ1) is 7.15. The largest absolute Gasteiger partial charge is 0.389 e. The Balaban J connectivity index is 2.32. The average molecular weight is 277 g/mol. The Kier molecular flexibility index (Phi) is 5.87. The third-order valence-electron chi connectivity index (χ3n) is 3.25. The molecule has 0 heterocycles. The Morgan fingerprint density at radius 3 is 2.40 bits per heavy atom. The molecule has 88 valence electrons. The number of rotatable bonds is 5. The van der Waals surface area contributed by atoms with Crippen molar-refractivity contribution >= 4 is 15.9 Å². The number of alkyl halides is 1. The molecule has 2 N–H and O–H groups in total. The van der Waals surface area contributed by atoms with E-state index in [1.165, 1.54) is 38.2 Å². The molecule has 3 heteroatoms. The van der Waals surface area contributed by atoms with Crippen LogP contribution in [0.25, 0.3) is 0 Å². The minimum absolute atomic E-state index is 0.0198. The summed E-state index contributed by atoms with van der Waals surface area (Å²) in [4.78, 5) is -0.0198. The second kappa shape index (κ2) is 6.66. The van der Waals surface area contributed by atoms with Crippen molar-refractivity contribution < 1.29 is 10.2 Å². The van der Waals surface area contributed by atoms with Crippen molar-refractivity contribution in [2.45, 2.75) is 55.6 Å². The smallest absolute Gasteiger partial charge is 0.0988 e. The van der Waals surface area contributed by atoms with Gasteiger partial charge in [0, 0.05) is 4.83 Å². The Hall–Kier alpha value is 0.140. The first-order valence-electron chi connectivity index (χ1n) is 5.78. The fraction of sp³-hybridized carbons (Fsp3) is 0.833. The molecule has 0 spiro atoms. The summed E-state index contributed by atoms with van der Waals surface area (Å²) in [5.74, 6) is 0.704. The van der Waals surface area contributed by atoms with Gasteiger partial charge in [-0.05, 0) is 12.3 Å². The van der Waals surface area contributed by atoms with Gasteiger partial charge < -0.3 is 10.2 Å². The summed E-state index contributed by atoms with van der Waals surface area (Å²) in [6.45, 7) is 3.48. The maximum Gasteiger partial charge on any atom is 0.0988 e. The fourth-order valence-electron chi connectivity index (χ4n) is 2.23. The first-order valence-corrected chi connectivity index (χ1v) is 6.69. The van der Waals surface area contributed by atoms with Crippen LogP contribution in [0.3, 0.4) is 0 Å². The van der Waals surface area contributed by atoms with Crippen molar-refractivity contribution in [3.05, 3.63) is 12.7 Å². The quantitative estimate of drug-likeness (QED) is 0.599. The van der Waals surface area contributed by atoms with E-state index >= 15 is 0 Å². The molecule has 1 fully saturated rings. The summed E-state index contributed by atoms with van der Waals surface area (Å²) in [7, 11) is 0. The summed E-state index contributed by atoms with van der Waals surface area (Å²) in [6.07, 6.45) is 7.28. The third kappa shape index (κ3) is 4.25. The van der Waals surface area contributed by atoms with Crippen LogP contribution in [-0.4, -0.2) is 27.2 Å². The lowest BCUT2D eigenvalue weighted by Gasteiger charge is -2.27. The molecule has 0 saturated heterocycles. The van der Waals surface area contributed by atoms with Crippen molar-refractivity contribution in [3.8, 4) is 0 Å². The van der Waals surface area contributed by atoms with Crippen LogP contribution in [0.4, 0.5) is 0 Å². The molecule has 0 aromatic carbocycles. The molecular formula is C12H21BrO2. The molecule has 2 nitrogen and oxygen atoms in total. The van der Waals surface area contributed by atoms with E-state index in [0.717, 1.165) is 6.42 Å². The van der Waals surface area contributed by atoms with Gasteiger partial charge in [-0.1, -0.05) is 54.1 Å². The summed E-state index contributed by atoms with van der Waals surface area (Å²) < 4.78 is 0. The van der Waals surface area contributed by atoms with Crippen molar-refractivity contribution in [1.82, 2.24) is 0 Å². The summed E-state index contributed by atoms with van der Waals surface area (Å²) in [5, 5.41) is 19.2. The van der Waals surface area contributed by atoms with Gasteiger partial charge in [-0.3, -0.25) is 0 Å². The van der Waals surface area contributed by atoms with Crippen LogP contribution in [0.15, 0.2) is 12.7 Å². The molecule has 0 amide bonds. The van der Waals surface area contributed by atoms with Crippen molar-refractivity contribution in [2.24, 2.45) is 5.92 Å². The second-order valence-electron chi connectivity index (χ2n) is 4.47. The zero-order valence-electron chi connectivity index (χ0n) is 9.11. The molecule has 0 aromatic rings. The highest BCUT2D eigenvalue weighted by Crippen LogP contribution is 2.30. The Morgan fingerprint density at radius 1 is 1.27 bits per heavy atom.